The first kappa shape index (κ1) is 20.7. The van der Waals surface area contributed by atoms with E-state index in [1.54, 1.807) is 31.2 Å². The Morgan fingerprint density at radius 1 is 1.23 bits per heavy atom. The maximum absolute atomic E-state index is 13.2. The van der Waals surface area contributed by atoms with E-state index in [2.05, 4.69) is 32.1 Å². The van der Waals surface area contributed by atoms with Gasteiger partial charge in [-0.3, -0.25) is 4.79 Å². The summed E-state index contributed by atoms with van der Waals surface area (Å²) in [4.78, 5) is 17.0. The molecular weight excluding hydrogens is 419 g/mol. The summed E-state index contributed by atoms with van der Waals surface area (Å²) in [5.74, 6) is 0.195. The van der Waals surface area contributed by atoms with E-state index in [0.717, 1.165) is 23.4 Å². The van der Waals surface area contributed by atoms with Crippen LogP contribution in [0.15, 0.2) is 47.6 Å². The number of hydrogen-bond acceptors (Lipinski definition) is 4. The van der Waals surface area contributed by atoms with Crippen LogP contribution in [0, 0.1) is 19.7 Å². The predicted octanol–water partition coefficient (Wildman–Crippen LogP) is 4.42. The molecule has 2 aromatic heterocycles. The molecular formula is C22H20ClFN6O. The van der Waals surface area contributed by atoms with E-state index in [9.17, 15) is 9.18 Å². The van der Waals surface area contributed by atoms with Crippen LogP contribution in [-0.4, -0.2) is 31.5 Å². The lowest BCUT2D eigenvalue weighted by atomic mass is 10.2. The van der Waals surface area contributed by atoms with E-state index < -0.39 is 0 Å². The van der Waals surface area contributed by atoms with Crippen molar-refractivity contribution in [2.45, 2.75) is 27.3 Å². The van der Waals surface area contributed by atoms with Crippen LogP contribution in [-0.2, 0) is 6.54 Å². The number of benzene rings is 2. The van der Waals surface area contributed by atoms with Crippen molar-refractivity contribution in [3.8, 4) is 5.69 Å². The van der Waals surface area contributed by atoms with Crippen LogP contribution in [0.1, 0.15) is 34.4 Å². The number of imidazole rings is 1. The summed E-state index contributed by atoms with van der Waals surface area (Å²) in [6.07, 6.45) is 1.44. The molecule has 9 heteroatoms. The fraction of sp³-hybridized carbons (Fsp3) is 0.182. The van der Waals surface area contributed by atoms with Gasteiger partial charge in [0.05, 0.1) is 34.2 Å². The van der Waals surface area contributed by atoms with Crippen molar-refractivity contribution in [1.82, 2.24) is 24.8 Å². The number of aromatic nitrogens is 4. The molecule has 0 aliphatic carbocycles. The van der Waals surface area contributed by atoms with Crippen molar-refractivity contribution < 1.29 is 9.18 Å². The monoisotopic (exact) mass is 438 g/mol. The summed E-state index contributed by atoms with van der Waals surface area (Å²) in [5, 5.41) is 8.71. The molecule has 31 heavy (non-hydrogen) atoms. The van der Waals surface area contributed by atoms with E-state index in [-0.39, 0.29) is 11.7 Å². The average molecular weight is 439 g/mol. The van der Waals surface area contributed by atoms with E-state index in [0.29, 0.717) is 27.7 Å². The van der Waals surface area contributed by atoms with E-state index >= 15 is 0 Å². The zero-order valence-corrected chi connectivity index (χ0v) is 18.0. The van der Waals surface area contributed by atoms with Gasteiger partial charge in [0, 0.05) is 12.1 Å². The Hall–Kier alpha value is -3.52. The average Bonchev–Trinajstić information content (AvgIpc) is 3.23. The van der Waals surface area contributed by atoms with Gasteiger partial charge in [-0.05, 0) is 63.2 Å². The molecule has 7 nitrogen and oxygen atoms in total. The number of carbonyl (C=O) groups excluding carboxylic acids is 1. The topological polar surface area (TPSA) is 77.1 Å². The lowest BCUT2D eigenvalue weighted by molar-refractivity contribution is 0.0955. The number of hydrazone groups is 1. The maximum Gasteiger partial charge on any atom is 0.271 e. The Bertz CT molecular complexity index is 1310. The number of halogens is 2. The Morgan fingerprint density at radius 3 is 2.68 bits per heavy atom. The highest BCUT2D eigenvalue weighted by Gasteiger charge is 2.14. The van der Waals surface area contributed by atoms with Crippen LogP contribution < -0.4 is 5.43 Å². The summed E-state index contributed by atoms with van der Waals surface area (Å²) in [6.45, 7) is 6.57. The fourth-order valence-electron chi connectivity index (χ4n) is 3.42. The molecule has 2 aromatic carbocycles. The molecule has 1 N–H and O–H groups in total. The van der Waals surface area contributed by atoms with Crippen LogP contribution in [0.5, 0.6) is 0 Å². The molecule has 0 radical (unpaired) electrons. The SMILES string of the molecule is CCn1c(C)nc2cc(C(=O)NN=Cc3c(C)nn(-c4ccc(F)cc4)c3Cl)ccc21. The zero-order valence-electron chi connectivity index (χ0n) is 17.2. The summed E-state index contributed by atoms with van der Waals surface area (Å²) in [5.41, 5.74) is 6.50. The second-order valence-corrected chi connectivity index (χ2v) is 7.34. The molecule has 158 valence electrons. The lowest BCUT2D eigenvalue weighted by Gasteiger charge is -2.03. The highest BCUT2D eigenvalue weighted by molar-refractivity contribution is 6.32. The van der Waals surface area contributed by atoms with Crippen molar-refractivity contribution in [2.24, 2.45) is 5.10 Å². The van der Waals surface area contributed by atoms with Gasteiger partial charge in [-0.15, -0.1) is 0 Å². The minimum atomic E-state index is -0.360. The second kappa shape index (κ2) is 8.31. The molecule has 2 heterocycles. The fourth-order valence-corrected chi connectivity index (χ4v) is 3.74. The summed E-state index contributed by atoms with van der Waals surface area (Å²) in [7, 11) is 0. The van der Waals surface area contributed by atoms with Gasteiger partial charge in [-0.2, -0.15) is 10.2 Å². The van der Waals surface area contributed by atoms with Crippen LogP contribution in [0.3, 0.4) is 0 Å². The van der Waals surface area contributed by atoms with Crippen molar-refractivity contribution in [3.63, 3.8) is 0 Å². The lowest BCUT2D eigenvalue weighted by Crippen LogP contribution is -2.17. The number of hydrogen-bond donors (Lipinski definition) is 1. The smallest absolute Gasteiger partial charge is 0.271 e. The van der Waals surface area contributed by atoms with Gasteiger partial charge in [0.2, 0.25) is 0 Å². The quantitative estimate of drug-likeness (QED) is 0.370. The Kier molecular flexibility index (Phi) is 5.56. The molecule has 0 bridgehead atoms. The second-order valence-electron chi connectivity index (χ2n) is 6.98. The normalized spacial score (nSPS) is 11.5. The summed E-state index contributed by atoms with van der Waals surface area (Å²) in [6, 6.07) is 11.2. The van der Waals surface area contributed by atoms with Crippen LogP contribution >= 0.6 is 11.6 Å². The van der Waals surface area contributed by atoms with Crippen molar-refractivity contribution in [3.05, 3.63) is 76.1 Å². The molecule has 4 rings (SSSR count). The Balaban J connectivity index is 1.53. The zero-order chi connectivity index (χ0) is 22.1. The third kappa shape index (κ3) is 3.94. The molecule has 4 aromatic rings. The highest BCUT2D eigenvalue weighted by Crippen LogP contribution is 2.22. The number of fused-ring (bicyclic) bond motifs is 1. The van der Waals surface area contributed by atoms with Crippen molar-refractivity contribution in [2.75, 3.05) is 0 Å². The van der Waals surface area contributed by atoms with E-state index in [4.69, 9.17) is 11.6 Å². The number of nitrogens with zero attached hydrogens (tertiary/aromatic N) is 5. The molecule has 1 amide bonds. The van der Waals surface area contributed by atoms with Gasteiger partial charge >= 0.3 is 0 Å². The highest BCUT2D eigenvalue weighted by atomic mass is 35.5. The number of amides is 1. The Morgan fingerprint density at radius 2 is 1.97 bits per heavy atom. The number of aryl methyl sites for hydroxylation is 3. The number of carbonyl (C=O) groups is 1. The van der Waals surface area contributed by atoms with Gasteiger partial charge in [0.25, 0.3) is 5.91 Å². The standard InChI is InChI=1S/C22H20ClFN6O/c1-4-29-14(3)26-19-11-15(5-10-20(19)29)22(31)27-25-12-18-13(2)28-30(21(18)23)17-8-6-16(24)7-9-17/h5-12H,4H2,1-3H3,(H,27,31). The van der Waals surface area contributed by atoms with Gasteiger partial charge in [-0.1, -0.05) is 11.6 Å². The van der Waals surface area contributed by atoms with E-state index in [1.807, 2.05) is 13.0 Å². The van der Waals surface area contributed by atoms with Crippen LogP contribution in [0.2, 0.25) is 5.15 Å². The minimum absolute atomic E-state index is 0.309. The molecule has 0 saturated carbocycles. The molecule has 0 saturated heterocycles. The third-order valence-corrected chi connectivity index (χ3v) is 5.36. The predicted molar refractivity (Wildman–Crippen MR) is 118 cm³/mol. The summed E-state index contributed by atoms with van der Waals surface area (Å²) < 4.78 is 16.7. The van der Waals surface area contributed by atoms with Crippen LogP contribution in [0.4, 0.5) is 4.39 Å². The molecule has 0 aliphatic rings. The summed E-state index contributed by atoms with van der Waals surface area (Å²) >= 11 is 6.42. The first-order valence-corrected chi connectivity index (χ1v) is 10.1. The maximum atomic E-state index is 13.2. The van der Waals surface area contributed by atoms with Crippen molar-refractivity contribution in [1.29, 1.82) is 0 Å². The van der Waals surface area contributed by atoms with Gasteiger partial charge in [0.15, 0.2) is 0 Å². The number of rotatable bonds is 5. The molecule has 0 atom stereocenters. The van der Waals surface area contributed by atoms with Gasteiger partial charge < -0.3 is 4.57 Å². The first-order chi connectivity index (χ1) is 14.9. The van der Waals surface area contributed by atoms with E-state index in [1.165, 1.54) is 23.0 Å². The Labute approximate surface area is 183 Å². The molecule has 0 fully saturated rings. The molecule has 0 spiro atoms. The van der Waals surface area contributed by atoms with Gasteiger partial charge in [0.1, 0.15) is 16.8 Å². The molecule has 0 aliphatic heterocycles. The van der Waals surface area contributed by atoms with Crippen LogP contribution in [0.25, 0.3) is 16.7 Å². The van der Waals surface area contributed by atoms with Crippen molar-refractivity contribution >= 4 is 34.8 Å². The van der Waals surface area contributed by atoms with Gasteiger partial charge in [-0.25, -0.2) is 19.5 Å². The molecule has 0 unspecified atom stereocenters. The number of nitrogens with one attached hydrogen (secondary N) is 1. The first-order valence-electron chi connectivity index (χ1n) is 9.70. The minimum Gasteiger partial charge on any atom is -0.329 e. The largest absolute Gasteiger partial charge is 0.329 e. The third-order valence-electron chi connectivity index (χ3n) is 5.00.